The molecule has 162 valence electrons. The predicted molar refractivity (Wildman–Crippen MR) is 116 cm³/mol. The van der Waals surface area contributed by atoms with E-state index in [0.717, 1.165) is 25.7 Å². The number of sulfonamides is 1. The zero-order chi connectivity index (χ0) is 21.6. The van der Waals surface area contributed by atoms with Crippen molar-refractivity contribution in [2.75, 3.05) is 18.5 Å². The number of nitrogens with one attached hydrogen (secondary N) is 2. The van der Waals surface area contributed by atoms with Crippen LogP contribution in [0.15, 0.2) is 47.4 Å². The van der Waals surface area contributed by atoms with Crippen LogP contribution in [-0.2, 0) is 10.0 Å². The van der Waals surface area contributed by atoms with Crippen molar-refractivity contribution in [2.24, 2.45) is 0 Å². The molecule has 1 aliphatic carbocycles. The number of benzene rings is 2. The van der Waals surface area contributed by atoms with Gasteiger partial charge in [0.1, 0.15) is 0 Å². The molecule has 0 spiro atoms. The van der Waals surface area contributed by atoms with Gasteiger partial charge in [0.25, 0.3) is 5.91 Å². The Hall–Kier alpha value is -2.58. The van der Waals surface area contributed by atoms with Gasteiger partial charge in [-0.25, -0.2) is 13.1 Å². The summed E-state index contributed by atoms with van der Waals surface area (Å²) >= 11 is 0. The predicted octanol–water partition coefficient (Wildman–Crippen LogP) is 3.96. The van der Waals surface area contributed by atoms with Gasteiger partial charge in [0.15, 0.2) is 11.5 Å². The lowest BCUT2D eigenvalue weighted by atomic mass is 10.2. The lowest BCUT2D eigenvalue weighted by Gasteiger charge is -2.14. The summed E-state index contributed by atoms with van der Waals surface area (Å²) in [5.74, 6) is 0.790. The maximum absolute atomic E-state index is 12.7. The smallest absolute Gasteiger partial charge is 0.255 e. The highest BCUT2D eigenvalue weighted by atomic mass is 32.2. The van der Waals surface area contributed by atoms with Gasteiger partial charge >= 0.3 is 0 Å². The van der Waals surface area contributed by atoms with Gasteiger partial charge in [-0.15, -0.1) is 0 Å². The van der Waals surface area contributed by atoms with Crippen molar-refractivity contribution in [3.05, 3.63) is 48.0 Å². The van der Waals surface area contributed by atoms with Crippen LogP contribution in [0.2, 0.25) is 0 Å². The molecule has 0 aromatic heterocycles. The van der Waals surface area contributed by atoms with Crippen LogP contribution in [0.4, 0.5) is 5.69 Å². The number of amides is 1. The lowest BCUT2D eigenvalue weighted by Crippen LogP contribution is -2.26. The fraction of sp³-hybridized carbons (Fsp3) is 0.409. The minimum atomic E-state index is -3.62. The average molecular weight is 433 g/mol. The third-order valence-electron chi connectivity index (χ3n) is 4.43. The SMILES string of the molecule is CCCOc1ccc(NC(=O)c2cccc(S(=O)(=O)NC3CC3)c2)cc1OCCC. The zero-order valence-corrected chi connectivity index (χ0v) is 18.1. The summed E-state index contributed by atoms with van der Waals surface area (Å²) in [6.45, 7) is 5.14. The second-order valence-corrected chi connectivity index (χ2v) is 8.95. The fourth-order valence-corrected chi connectivity index (χ4v) is 4.09. The summed E-state index contributed by atoms with van der Waals surface area (Å²) in [4.78, 5) is 12.8. The van der Waals surface area contributed by atoms with Gasteiger partial charge in [0.2, 0.25) is 10.0 Å². The maximum Gasteiger partial charge on any atom is 0.255 e. The summed E-state index contributed by atoms with van der Waals surface area (Å²) in [6, 6.07) is 11.2. The Morgan fingerprint density at radius 1 is 1.00 bits per heavy atom. The largest absolute Gasteiger partial charge is 0.490 e. The Morgan fingerprint density at radius 3 is 2.37 bits per heavy atom. The Kier molecular flexibility index (Phi) is 7.33. The molecule has 2 N–H and O–H groups in total. The van der Waals surface area contributed by atoms with E-state index in [1.807, 2.05) is 13.8 Å². The van der Waals surface area contributed by atoms with Crippen molar-refractivity contribution in [3.63, 3.8) is 0 Å². The molecule has 2 aromatic rings. The highest BCUT2D eigenvalue weighted by Crippen LogP contribution is 2.31. The van der Waals surface area contributed by atoms with E-state index >= 15 is 0 Å². The summed E-state index contributed by atoms with van der Waals surface area (Å²) in [7, 11) is -3.62. The lowest BCUT2D eigenvalue weighted by molar-refractivity contribution is 0.102. The van der Waals surface area contributed by atoms with E-state index in [9.17, 15) is 13.2 Å². The Balaban J connectivity index is 1.75. The molecular formula is C22H28N2O5S. The van der Waals surface area contributed by atoms with Crippen molar-refractivity contribution in [1.29, 1.82) is 0 Å². The van der Waals surface area contributed by atoms with Crippen LogP contribution in [0, 0.1) is 0 Å². The molecule has 8 heteroatoms. The zero-order valence-electron chi connectivity index (χ0n) is 17.3. The minimum Gasteiger partial charge on any atom is -0.490 e. The van der Waals surface area contributed by atoms with Gasteiger partial charge in [-0.05, 0) is 56.0 Å². The summed E-state index contributed by atoms with van der Waals surface area (Å²) in [6.07, 6.45) is 3.42. The molecule has 3 rings (SSSR count). The number of anilines is 1. The molecule has 0 saturated heterocycles. The molecular weight excluding hydrogens is 404 g/mol. The van der Waals surface area contributed by atoms with Gasteiger partial charge in [-0.1, -0.05) is 19.9 Å². The van der Waals surface area contributed by atoms with E-state index in [1.165, 1.54) is 12.1 Å². The molecule has 0 heterocycles. The first-order valence-corrected chi connectivity index (χ1v) is 11.7. The molecule has 0 unspecified atom stereocenters. The van der Waals surface area contributed by atoms with Crippen LogP contribution in [-0.4, -0.2) is 33.6 Å². The van der Waals surface area contributed by atoms with Crippen molar-refractivity contribution >= 4 is 21.6 Å². The van der Waals surface area contributed by atoms with Gasteiger partial charge in [-0.3, -0.25) is 4.79 Å². The van der Waals surface area contributed by atoms with Crippen LogP contribution in [0.5, 0.6) is 11.5 Å². The summed E-state index contributed by atoms with van der Waals surface area (Å²) in [5, 5.41) is 2.80. The first-order valence-electron chi connectivity index (χ1n) is 10.3. The van der Waals surface area contributed by atoms with E-state index in [2.05, 4.69) is 10.0 Å². The normalized spacial score (nSPS) is 13.7. The van der Waals surface area contributed by atoms with Crippen molar-refractivity contribution in [1.82, 2.24) is 4.72 Å². The van der Waals surface area contributed by atoms with E-state index in [1.54, 1.807) is 30.3 Å². The van der Waals surface area contributed by atoms with Crippen LogP contribution in [0.25, 0.3) is 0 Å². The van der Waals surface area contributed by atoms with Crippen molar-refractivity contribution in [2.45, 2.75) is 50.5 Å². The highest BCUT2D eigenvalue weighted by Gasteiger charge is 2.28. The van der Waals surface area contributed by atoms with Gasteiger partial charge in [0, 0.05) is 23.4 Å². The standard InChI is InChI=1S/C22H28N2O5S/c1-3-12-28-20-11-10-18(15-21(20)29-13-4-2)23-22(25)16-6-5-7-19(14-16)30(26,27)24-17-8-9-17/h5-7,10-11,14-15,17,24H,3-4,8-9,12-13H2,1-2H3,(H,23,25). The first-order chi connectivity index (χ1) is 14.4. The van der Waals surface area contributed by atoms with E-state index in [-0.39, 0.29) is 16.5 Å². The number of ether oxygens (including phenoxy) is 2. The fourth-order valence-electron chi connectivity index (χ4n) is 2.74. The van der Waals surface area contributed by atoms with Crippen LogP contribution < -0.4 is 19.5 Å². The minimum absolute atomic E-state index is 0.00228. The molecule has 0 aliphatic heterocycles. The topological polar surface area (TPSA) is 93.7 Å². The van der Waals surface area contributed by atoms with Crippen LogP contribution in [0.1, 0.15) is 49.9 Å². The molecule has 2 aromatic carbocycles. The van der Waals surface area contributed by atoms with Gasteiger partial charge in [-0.2, -0.15) is 0 Å². The number of carbonyl (C=O) groups excluding carboxylic acids is 1. The molecule has 0 atom stereocenters. The molecule has 1 saturated carbocycles. The Morgan fingerprint density at radius 2 is 1.70 bits per heavy atom. The molecule has 7 nitrogen and oxygen atoms in total. The van der Waals surface area contributed by atoms with Crippen molar-refractivity contribution in [3.8, 4) is 11.5 Å². The number of hydrogen-bond acceptors (Lipinski definition) is 5. The Labute approximate surface area is 177 Å². The molecule has 30 heavy (non-hydrogen) atoms. The summed E-state index contributed by atoms with van der Waals surface area (Å²) in [5.41, 5.74) is 0.801. The average Bonchev–Trinajstić information content (AvgIpc) is 3.55. The number of carbonyl (C=O) groups is 1. The number of rotatable bonds is 11. The maximum atomic E-state index is 12.7. The first kappa shape index (κ1) is 22.1. The van der Waals surface area contributed by atoms with E-state index < -0.39 is 15.9 Å². The van der Waals surface area contributed by atoms with Crippen LogP contribution >= 0.6 is 0 Å². The van der Waals surface area contributed by atoms with Crippen molar-refractivity contribution < 1.29 is 22.7 Å². The third kappa shape index (κ3) is 5.96. The van der Waals surface area contributed by atoms with E-state index in [0.29, 0.717) is 30.4 Å². The molecule has 0 radical (unpaired) electrons. The van der Waals surface area contributed by atoms with E-state index in [4.69, 9.17) is 9.47 Å². The number of hydrogen-bond donors (Lipinski definition) is 2. The summed E-state index contributed by atoms with van der Waals surface area (Å²) < 4.78 is 38.9. The monoisotopic (exact) mass is 432 g/mol. The molecule has 1 aliphatic rings. The van der Waals surface area contributed by atoms with Gasteiger partial charge < -0.3 is 14.8 Å². The van der Waals surface area contributed by atoms with Gasteiger partial charge in [0.05, 0.1) is 18.1 Å². The third-order valence-corrected chi connectivity index (χ3v) is 5.95. The van der Waals surface area contributed by atoms with Crippen LogP contribution in [0.3, 0.4) is 0 Å². The molecule has 1 fully saturated rings. The second-order valence-electron chi connectivity index (χ2n) is 7.24. The molecule has 1 amide bonds. The second kappa shape index (κ2) is 9.95. The highest BCUT2D eigenvalue weighted by molar-refractivity contribution is 7.89. The quantitative estimate of drug-likeness (QED) is 0.561. The molecule has 0 bridgehead atoms. The Bertz CT molecular complexity index is 987.